The second-order valence-electron chi connectivity index (χ2n) is 8.85. The Morgan fingerprint density at radius 2 is 2.04 bits per heavy atom. The van der Waals surface area contributed by atoms with Gasteiger partial charge in [-0.1, -0.05) is 19.9 Å². The normalized spacial score (nSPS) is 47.9. The molecule has 0 spiro atoms. The first kappa shape index (κ1) is 16.7. The zero-order chi connectivity index (χ0) is 18.0. The molecule has 4 rings (SSSR count). The highest BCUT2D eigenvalue weighted by molar-refractivity contribution is 5.66. The van der Waals surface area contributed by atoms with Gasteiger partial charge in [0, 0.05) is 18.3 Å². The van der Waals surface area contributed by atoms with Crippen molar-refractivity contribution in [1.29, 1.82) is 0 Å². The highest BCUT2D eigenvalue weighted by Gasteiger charge is 2.61. The van der Waals surface area contributed by atoms with Crippen LogP contribution in [0.5, 0.6) is 0 Å². The Morgan fingerprint density at radius 3 is 2.76 bits per heavy atom. The molecule has 0 bridgehead atoms. The topological polar surface area (TPSA) is 66.8 Å². The predicted octanol–water partition coefficient (Wildman–Crippen LogP) is 4.45. The molecular weight excluding hydrogens is 316 g/mol. The van der Waals surface area contributed by atoms with Gasteiger partial charge in [0.25, 0.3) is 0 Å². The van der Waals surface area contributed by atoms with Gasteiger partial charge < -0.3 is 14.9 Å². The van der Waals surface area contributed by atoms with Gasteiger partial charge in [-0.05, 0) is 67.1 Å². The van der Waals surface area contributed by atoms with Crippen molar-refractivity contribution >= 4 is 5.97 Å². The van der Waals surface area contributed by atoms with Crippen LogP contribution in [0.4, 0.5) is 0 Å². The molecule has 2 N–H and O–H groups in total. The number of fused-ring (bicyclic) bond motifs is 5. The second kappa shape index (κ2) is 5.39. The van der Waals surface area contributed by atoms with Gasteiger partial charge in [0.2, 0.25) is 0 Å². The molecule has 0 aliphatic heterocycles. The van der Waals surface area contributed by atoms with E-state index in [9.17, 15) is 15.0 Å². The van der Waals surface area contributed by atoms with E-state index in [1.807, 2.05) is 18.2 Å². The first-order valence-electron chi connectivity index (χ1n) is 9.42. The molecule has 0 aromatic rings. The molecule has 4 nitrogen and oxygen atoms in total. The lowest BCUT2D eigenvalue weighted by Crippen LogP contribution is -2.57. The van der Waals surface area contributed by atoms with Crippen molar-refractivity contribution in [3.63, 3.8) is 0 Å². The monoisotopic (exact) mass is 344 g/mol. The van der Waals surface area contributed by atoms with Gasteiger partial charge in [-0.2, -0.15) is 0 Å². The lowest BCUT2D eigenvalue weighted by atomic mass is 9.46. The minimum Gasteiger partial charge on any atom is -0.512 e. The molecular formula is C21H28O4. The summed E-state index contributed by atoms with van der Waals surface area (Å²) in [6.45, 7) is 5.92. The van der Waals surface area contributed by atoms with E-state index in [4.69, 9.17) is 4.74 Å². The Hall–Kier alpha value is -1.71. The molecule has 0 amide bonds. The first-order chi connectivity index (χ1) is 11.8. The second-order valence-corrected chi connectivity index (χ2v) is 8.85. The fourth-order valence-corrected chi connectivity index (χ4v) is 6.29. The van der Waals surface area contributed by atoms with Crippen LogP contribution in [0.25, 0.3) is 0 Å². The number of ether oxygens (including phenoxy) is 1. The Labute approximate surface area is 149 Å². The van der Waals surface area contributed by atoms with Gasteiger partial charge in [-0.25, -0.2) is 0 Å². The van der Waals surface area contributed by atoms with Crippen LogP contribution in [-0.2, 0) is 9.53 Å². The average molecular weight is 344 g/mol. The van der Waals surface area contributed by atoms with Crippen LogP contribution in [0.15, 0.2) is 35.8 Å². The molecule has 4 aliphatic carbocycles. The Morgan fingerprint density at radius 1 is 1.28 bits per heavy atom. The van der Waals surface area contributed by atoms with Crippen LogP contribution in [-0.4, -0.2) is 22.3 Å². The summed E-state index contributed by atoms with van der Waals surface area (Å²) in [5.41, 5.74) is -0.230. The van der Waals surface area contributed by atoms with E-state index in [1.165, 1.54) is 6.92 Å². The number of esters is 1. The third kappa shape index (κ3) is 2.29. The Kier molecular flexibility index (Phi) is 3.61. The van der Waals surface area contributed by atoms with Crippen molar-refractivity contribution in [2.75, 3.05) is 0 Å². The average Bonchev–Trinajstić information content (AvgIpc) is 2.84. The fourth-order valence-electron chi connectivity index (χ4n) is 6.29. The van der Waals surface area contributed by atoms with Crippen LogP contribution >= 0.6 is 0 Å². The maximum atomic E-state index is 11.8. The maximum absolute atomic E-state index is 11.8. The third-order valence-corrected chi connectivity index (χ3v) is 7.69. The molecule has 136 valence electrons. The number of aliphatic hydroxyl groups is 2. The summed E-state index contributed by atoms with van der Waals surface area (Å²) in [6.07, 6.45) is 11.3. The van der Waals surface area contributed by atoms with Gasteiger partial charge in [0.1, 0.15) is 11.9 Å². The molecule has 25 heavy (non-hydrogen) atoms. The maximum Gasteiger partial charge on any atom is 0.302 e. The van der Waals surface area contributed by atoms with Crippen molar-refractivity contribution < 1.29 is 19.7 Å². The minimum atomic E-state index is -0.241. The smallest absolute Gasteiger partial charge is 0.302 e. The van der Waals surface area contributed by atoms with Gasteiger partial charge in [-0.15, -0.1) is 0 Å². The molecule has 4 heteroatoms. The molecule has 4 aliphatic rings. The Bertz CT molecular complexity index is 690. The summed E-state index contributed by atoms with van der Waals surface area (Å²) in [5.74, 6) is 1.69. The van der Waals surface area contributed by atoms with E-state index in [2.05, 4.69) is 19.9 Å². The summed E-state index contributed by atoms with van der Waals surface area (Å²) in [5, 5.41) is 20.4. The third-order valence-electron chi connectivity index (χ3n) is 7.69. The molecule has 0 saturated heterocycles. The van der Waals surface area contributed by atoms with Crippen LogP contribution in [0.2, 0.25) is 0 Å². The lowest BCUT2D eigenvalue weighted by Gasteiger charge is -2.59. The van der Waals surface area contributed by atoms with E-state index in [1.54, 1.807) is 0 Å². The minimum absolute atomic E-state index is 0.0346. The van der Waals surface area contributed by atoms with Gasteiger partial charge in [-0.3, -0.25) is 4.79 Å². The molecule has 0 aromatic heterocycles. The van der Waals surface area contributed by atoms with Crippen LogP contribution < -0.4 is 0 Å². The number of carbonyl (C=O) groups is 1. The predicted molar refractivity (Wildman–Crippen MR) is 94.8 cm³/mol. The van der Waals surface area contributed by atoms with Crippen LogP contribution in [0.1, 0.15) is 46.5 Å². The summed E-state index contributed by atoms with van der Waals surface area (Å²) in [7, 11) is 0. The first-order valence-corrected chi connectivity index (χ1v) is 9.42. The van der Waals surface area contributed by atoms with Crippen molar-refractivity contribution in [3.8, 4) is 0 Å². The fraction of sp³-hybridized carbons (Fsp3) is 0.667. The number of aliphatic hydroxyl groups excluding tert-OH is 2. The Balaban J connectivity index is 1.75. The zero-order valence-electron chi connectivity index (χ0n) is 15.2. The van der Waals surface area contributed by atoms with Crippen LogP contribution in [0, 0.1) is 34.5 Å². The molecule has 2 saturated carbocycles. The molecule has 2 fully saturated rings. The quantitative estimate of drug-likeness (QED) is 0.690. The van der Waals surface area contributed by atoms with Crippen molar-refractivity contribution in [2.24, 2.45) is 34.5 Å². The number of hydrogen-bond acceptors (Lipinski definition) is 4. The number of carbonyl (C=O) groups excluding carboxylic acids is 1. The number of hydrogen-bond donors (Lipinski definition) is 2. The molecule has 0 radical (unpaired) electrons. The lowest BCUT2D eigenvalue weighted by molar-refractivity contribution is -0.171. The number of allylic oxidation sites excluding steroid dienone is 5. The van der Waals surface area contributed by atoms with Gasteiger partial charge in [0.15, 0.2) is 0 Å². The number of rotatable bonds is 1. The summed E-state index contributed by atoms with van der Waals surface area (Å²) < 4.78 is 5.80. The van der Waals surface area contributed by atoms with E-state index >= 15 is 0 Å². The molecule has 7 atom stereocenters. The van der Waals surface area contributed by atoms with Crippen molar-refractivity contribution in [2.45, 2.75) is 52.6 Å². The molecule has 0 heterocycles. The van der Waals surface area contributed by atoms with Crippen molar-refractivity contribution in [1.82, 2.24) is 0 Å². The van der Waals surface area contributed by atoms with Gasteiger partial charge in [0.05, 0.1) is 5.76 Å². The summed E-state index contributed by atoms with van der Waals surface area (Å²) >= 11 is 0. The standard InChI is InChI=1S/C21H28O4/c1-12(22)25-17-11-13-10-14(23)6-8-20(13,2)16-7-9-21(3)15(19(16)17)4-5-18(21)24/h5-6,8,10,13,15-17,19,23-24H,4,7,9,11H2,1-3H3/t13?,15-,16+,17?,19-,20-,21-/m0/s1. The van der Waals surface area contributed by atoms with E-state index < -0.39 is 0 Å². The SMILES string of the molecule is CC(=O)OC1CC2C=C(O)C=C[C@]2(C)[C@@H]2CC[C@]3(C)C(O)=CC[C@H]3[C@H]12. The van der Waals surface area contributed by atoms with E-state index in [0.717, 1.165) is 25.7 Å². The highest BCUT2D eigenvalue weighted by atomic mass is 16.5. The van der Waals surface area contributed by atoms with E-state index in [-0.39, 0.29) is 34.7 Å². The van der Waals surface area contributed by atoms with Crippen molar-refractivity contribution in [3.05, 3.63) is 35.8 Å². The van der Waals surface area contributed by atoms with E-state index in [0.29, 0.717) is 23.4 Å². The van der Waals surface area contributed by atoms with Gasteiger partial charge >= 0.3 is 5.97 Å². The summed E-state index contributed by atoms with van der Waals surface area (Å²) in [4.78, 5) is 11.8. The van der Waals surface area contributed by atoms with Crippen LogP contribution in [0.3, 0.4) is 0 Å². The zero-order valence-corrected chi connectivity index (χ0v) is 15.2. The molecule has 0 aromatic carbocycles. The highest BCUT2D eigenvalue weighted by Crippen LogP contribution is 2.65. The molecule has 2 unspecified atom stereocenters. The summed E-state index contributed by atoms with van der Waals surface area (Å²) in [6, 6.07) is 0. The largest absolute Gasteiger partial charge is 0.512 e.